The maximum absolute atomic E-state index is 11.0. The second-order valence-electron chi connectivity index (χ2n) is 3.42. The van der Waals surface area contributed by atoms with E-state index in [-0.39, 0.29) is 16.3 Å². The van der Waals surface area contributed by atoms with Crippen LogP contribution in [0.5, 0.6) is 0 Å². The summed E-state index contributed by atoms with van der Waals surface area (Å²) in [6.07, 6.45) is 1.35. The zero-order chi connectivity index (χ0) is 13.3. The first-order valence-electron chi connectivity index (χ1n) is 4.84. The van der Waals surface area contributed by atoms with Gasteiger partial charge in [0, 0.05) is 11.8 Å². The summed E-state index contributed by atoms with van der Waals surface area (Å²) in [5.41, 5.74) is 0.638. The molecule has 18 heavy (non-hydrogen) atoms. The summed E-state index contributed by atoms with van der Waals surface area (Å²) in [5, 5.41) is 9.73. The number of hydrogen-bond donors (Lipinski definition) is 1. The zero-order valence-electron chi connectivity index (χ0n) is 8.82. The van der Waals surface area contributed by atoms with E-state index >= 15 is 0 Å². The maximum Gasteiger partial charge on any atom is 0.337 e. The van der Waals surface area contributed by atoms with E-state index in [0.29, 0.717) is 15.6 Å². The highest BCUT2D eigenvalue weighted by Crippen LogP contribution is 2.38. The Morgan fingerprint density at radius 1 is 1.11 bits per heavy atom. The third-order valence-electron chi connectivity index (χ3n) is 2.32. The molecule has 0 radical (unpaired) electrons. The Morgan fingerprint density at radius 3 is 2.28 bits per heavy atom. The quantitative estimate of drug-likeness (QED) is 0.894. The van der Waals surface area contributed by atoms with Gasteiger partial charge >= 0.3 is 5.97 Å². The van der Waals surface area contributed by atoms with Gasteiger partial charge in [-0.05, 0) is 18.2 Å². The Labute approximate surface area is 118 Å². The van der Waals surface area contributed by atoms with E-state index in [1.165, 1.54) is 12.3 Å². The lowest BCUT2D eigenvalue weighted by molar-refractivity contribution is 0.0697. The normalized spacial score (nSPS) is 10.4. The number of benzene rings is 1. The number of aromatic nitrogens is 1. The summed E-state index contributed by atoms with van der Waals surface area (Å²) in [4.78, 5) is 15.0. The lowest BCUT2D eigenvalue weighted by Gasteiger charge is -2.09. The van der Waals surface area contributed by atoms with Gasteiger partial charge in [0.2, 0.25) is 0 Å². The van der Waals surface area contributed by atoms with Gasteiger partial charge in [0.1, 0.15) is 0 Å². The smallest absolute Gasteiger partial charge is 0.337 e. The maximum atomic E-state index is 11.0. The van der Waals surface area contributed by atoms with Crippen molar-refractivity contribution in [3.8, 4) is 11.3 Å². The first-order valence-corrected chi connectivity index (χ1v) is 5.98. The molecule has 0 fully saturated rings. The van der Waals surface area contributed by atoms with Crippen molar-refractivity contribution in [2.75, 3.05) is 0 Å². The van der Waals surface area contributed by atoms with E-state index in [2.05, 4.69) is 4.98 Å². The molecule has 0 aliphatic carbocycles. The van der Waals surface area contributed by atoms with Crippen LogP contribution >= 0.6 is 34.8 Å². The molecular formula is C12H6Cl3NO2. The summed E-state index contributed by atoms with van der Waals surface area (Å²) in [5.74, 6) is -1.13. The van der Waals surface area contributed by atoms with Gasteiger partial charge in [-0.1, -0.05) is 40.9 Å². The fourth-order valence-electron chi connectivity index (χ4n) is 1.51. The minimum Gasteiger partial charge on any atom is -0.478 e. The molecule has 0 spiro atoms. The Balaban J connectivity index is 2.73. The van der Waals surface area contributed by atoms with Gasteiger partial charge in [-0.2, -0.15) is 0 Å². The van der Waals surface area contributed by atoms with Gasteiger partial charge in [0.05, 0.1) is 26.3 Å². The number of carboxylic acid groups (broad SMARTS) is 1. The molecule has 0 aliphatic rings. The average Bonchev–Trinajstić information content (AvgIpc) is 2.30. The van der Waals surface area contributed by atoms with Crippen LogP contribution in [-0.4, -0.2) is 16.1 Å². The van der Waals surface area contributed by atoms with Crippen molar-refractivity contribution < 1.29 is 9.90 Å². The first-order chi connectivity index (χ1) is 8.52. The van der Waals surface area contributed by atoms with Crippen molar-refractivity contribution in [1.82, 2.24) is 4.98 Å². The van der Waals surface area contributed by atoms with E-state index in [0.717, 1.165) is 0 Å². The Hall–Kier alpha value is -1.29. The fraction of sp³-hybridized carbons (Fsp3) is 0. The predicted molar refractivity (Wildman–Crippen MR) is 71.7 cm³/mol. The van der Waals surface area contributed by atoms with Crippen molar-refractivity contribution >= 4 is 40.8 Å². The Morgan fingerprint density at radius 2 is 1.72 bits per heavy atom. The van der Waals surface area contributed by atoms with Crippen LogP contribution in [0.25, 0.3) is 11.3 Å². The van der Waals surface area contributed by atoms with E-state index in [4.69, 9.17) is 39.9 Å². The van der Waals surface area contributed by atoms with Gasteiger partial charge in [-0.25, -0.2) is 4.79 Å². The number of nitrogens with zero attached hydrogens (tertiary/aromatic N) is 1. The average molecular weight is 303 g/mol. The van der Waals surface area contributed by atoms with Crippen LogP contribution in [0.4, 0.5) is 0 Å². The highest BCUT2D eigenvalue weighted by molar-refractivity contribution is 6.41. The standard InChI is InChI=1S/C12H6Cl3NO2/c13-7-2-1-3-8(14)9(7)11-10(15)6(12(17)18)4-5-16-11/h1-5H,(H,17,18). The topological polar surface area (TPSA) is 50.2 Å². The minimum atomic E-state index is -1.13. The highest BCUT2D eigenvalue weighted by atomic mass is 35.5. The van der Waals surface area contributed by atoms with Crippen molar-refractivity contribution in [2.45, 2.75) is 0 Å². The molecule has 92 valence electrons. The zero-order valence-corrected chi connectivity index (χ0v) is 11.1. The summed E-state index contributed by atoms with van der Waals surface area (Å²) >= 11 is 18.1. The van der Waals surface area contributed by atoms with Crippen LogP contribution in [-0.2, 0) is 0 Å². The lowest BCUT2D eigenvalue weighted by Crippen LogP contribution is -2.00. The number of hydrogen-bond acceptors (Lipinski definition) is 2. The Bertz CT molecular complexity index is 608. The summed E-state index contributed by atoms with van der Waals surface area (Å²) in [7, 11) is 0. The molecule has 6 heteroatoms. The Kier molecular flexibility index (Phi) is 3.76. The molecule has 0 amide bonds. The summed E-state index contributed by atoms with van der Waals surface area (Å²) < 4.78 is 0. The monoisotopic (exact) mass is 301 g/mol. The second-order valence-corrected chi connectivity index (χ2v) is 4.62. The molecule has 1 heterocycles. The van der Waals surface area contributed by atoms with E-state index in [9.17, 15) is 4.79 Å². The van der Waals surface area contributed by atoms with E-state index in [1.807, 2.05) is 0 Å². The number of pyridine rings is 1. The number of aromatic carboxylic acids is 1. The largest absolute Gasteiger partial charge is 0.478 e. The molecule has 0 saturated heterocycles. The molecule has 0 unspecified atom stereocenters. The number of carboxylic acids is 1. The first kappa shape index (κ1) is 13.1. The molecule has 1 aromatic heterocycles. The molecule has 3 nitrogen and oxygen atoms in total. The molecule has 0 atom stereocenters. The molecule has 1 aromatic carbocycles. The van der Waals surface area contributed by atoms with Gasteiger partial charge in [-0.15, -0.1) is 0 Å². The summed E-state index contributed by atoms with van der Waals surface area (Å²) in [6.45, 7) is 0. The molecule has 0 aliphatic heterocycles. The predicted octanol–water partition coefficient (Wildman–Crippen LogP) is 4.41. The van der Waals surface area contributed by atoms with Crippen LogP contribution < -0.4 is 0 Å². The van der Waals surface area contributed by atoms with Crippen molar-refractivity contribution in [3.05, 3.63) is 51.1 Å². The van der Waals surface area contributed by atoms with Crippen molar-refractivity contribution in [1.29, 1.82) is 0 Å². The van der Waals surface area contributed by atoms with Crippen LogP contribution in [0.3, 0.4) is 0 Å². The van der Waals surface area contributed by atoms with Gasteiger partial charge < -0.3 is 5.11 Å². The molecular weight excluding hydrogens is 296 g/mol. The van der Waals surface area contributed by atoms with E-state index < -0.39 is 5.97 Å². The molecule has 0 bridgehead atoms. The summed E-state index contributed by atoms with van der Waals surface area (Å²) in [6, 6.07) is 6.27. The van der Waals surface area contributed by atoms with Crippen molar-refractivity contribution in [3.63, 3.8) is 0 Å². The number of halogens is 3. The van der Waals surface area contributed by atoms with Crippen LogP contribution in [0.1, 0.15) is 10.4 Å². The number of rotatable bonds is 2. The van der Waals surface area contributed by atoms with E-state index in [1.54, 1.807) is 18.2 Å². The second kappa shape index (κ2) is 5.14. The van der Waals surface area contributed by atoms with Crippen LogP contribution in [0.15, 0.2) is 30.5 Å². The van der Waals surface area contributed by atoms with Crippen LogP contribution in [0.2, 0.25) is 15.1 Å². The van der Waals surface area contributed by atoms with Gasteiger partial charge in [0.15, 0.2) is 0 Å². The minimum absolute atomic E-state index is 0.0139. The lowest BCUT2D eigenvalue weighted by atomic mass is 10.1. The third-order valence-corrected chi connectivity index (χ3v) is 3.33. The molecule has 2 rings (SSSR count). The molecule has 2 aromatic rings. The van der Waals surface area contributed by atoms with Crippen molar-refractivity contribution in [2.24, 2.45) is 0 Å². The number of carbonyl (C=O) groups is 1. The highest BCUT2D eigenvalue weighted by Gasteiger charge is 2.18. The molecule has 0 saturated carbocycles. The SMILES string of the molecule is O=C(O)c1ccnc(-c2c(Cl)cccc2Cl)c1Cl. The van der Waals surface area contributed by atoms with Gasteiger partial charge in [-0.3, -0.25) is 4.98 Å². The van der Waals surface area contributed by atoms with Gasteiger partial charge in [0.25, 0.3) is 0 Å². The molecule has 1 N–H and O–H groups in total. The fourth-order valence-corrected chi connectivity index (χ4v) is 2.37. The van der Waals surface area contributed by atoms with Crippen LogP contribution in [0, 0.1) is 0 Å². The third kappa shape index (κ3) is 2.29.